The number of aliphatic hydroxyl groups is 2. The van der Waals surface area contributed by atoms with E-state index < -0.39 is 18.8 Å². The number of aromatic hydroxyl groups is 2. The zero-order chi connectivity index (χ0) is 28.8. The SMILES string of the molecule is COc1cc(C[C@H]2C(=O)OC[C@@H]2Cc2ccc(O[C@H](CO)[C@H](O)c3ccc(O)c(OC)c3)c(OC)c2)ccc1O. The fourth-order valence-electron chi connectivity index (χ4n) is 4.86. The van der Waals surface area contributed by atoms with E-state index in [0.29, 0.717) is 35.7 Å². The van der Waals surface area contributed by atoms with Crippen molar-refractivity contribution < 1.29 is 48.9 Å². The summed E-state index contributed by atoms with van der Waals surface area (Å²) >= 11 is 0. The van der Waals surface area contributed by atoms with E-state index in [0.717, 1.165) is 11.1 Å². The predicted octanol–water partition coefficient (Wildman–Crippen LogP) is 3.17. The number of benzene rings is 3. The summed E-state index contributed by atoms with van der Waals surface area (Å²) in [7, 11) is 4.36. The Morgan fingerprint density at radius 2 is 1.43 bits per heavy atom. The van der Waals surface area contributed by atoms with E-state index in [2.05, 4.69) is 0 Å². The molecule has 1 saturated heterocycles. The van der Waals surface area contributed by atoms with Crippen LogP contribution in [-0.4, -0.2) is 67.0 Å². The van der Waals surface area contributed by atoms with Gasteiger partial charge in [-0.2, -0.15) is 0 Å². The summed E-state index contributed by atoms with van der Waals surface area (Å²) in [5, 5.41) is 40.5. The first-order chi connectivity index (χ1) is 19.3. The van der Waals surface area contributed by atoms with Crippen molar-refractivity contribution in [1.82, 2.24) is 0 Å². The molecule has 0 aromatic heterocycles. The number of hydrogen-bond acceptors (Lipinski definition) is 10. The van der Waals surface area contributed by atoms with Gasteiger partial charge in [0, 0.05) is 5.92 Å². The Balaban J connectivity index is 1.48. The van der Waals surface area contributed by atoms with Crippen LogP contribution < -0.4 is 18.9 Å². The lowest BCUT2D eigenvalue weighted by molar-refractivity contribution is -0.141. The fourth-order valence-corrected chi connectivity index (χ4v) is 4.86. The van der Waals surface area contributed by atoms with E-state index >= 15 is 0 Å². The Kier molecular flexibility index (Phi) is 9.23. The van der Waals surface area contributed by atoms with Gasteiger partial charge in [-0.15, -0.1) is 0 Å². The third-order valence-electron chi connectivity index (χ3n) is 7.09. The highest BCUT2D eigenvalue weighted by Crippen LogP contribution is 2.36. The van der Waals surface area contributed by atoms with Gasteiger partial charge in [-0.1, -0.05) is 18.2 Å². The molecule has 40 heavy (non-hydrogen) atoms. The average Bonchev–Trinajstić information content (AvgIpc) is 3.30. The quantitative estimate of drug-likeness (QED) is 0.246. The van der Waals surface area contributed by atoms with Crippen LogP contribution in [0.2, 0.25) is 0 Å². The number of phenolic OH excluding ortho intramolecular Hbond substituents is 2. The molecule has 3 aromatic carbocycles. The van der Waals surface area contributed by atoms with Crippen LogP contribution in [-0.2, 0) is 22.4 Å². The Morgan fingerprint density at radius 1 is 0.825 bits per heavy atom. The molecule has 3 aromatic rings. The van der Waals surface area contributed by atoms with Gasteiger partial charge >= 0.3 is 5.97 Å². The van der Waals surface area contributed by atoms with E-state index in [1.54, 1.807) is 30.3 Å². The molecule has 0 radical (unpaired) electrons. The molecule has 4 atom stereocenters. The van der Waals surface area contributed by atoms with Crippen LogP contribution in [0.25, 0.3) is 0 Å². The van der Waals surface area contributed by atoms with Crippen LogP contribution in [0.3, 0.4) is 0 Å². The highest BCUT2D eigenvalue weighted by Gasteiger charge is 2.37. The number of carbonyl (C=O) groups excluding carboxylic acids is 1. The standard InChI is InChI=1S/C30H34O10/c1-36-25-12-18(4-7-22(25)32)11-21-20(16-39-30(21)35)10-17-5-9-24(27(13-17)38-3)40-28(15-31)29(34)19-6-8-23(33)26(14-19)37-2/h4-9,12-14,20-21,28-29,31-34H,10-11,15-16H2,1-3H3/t20-,21+,28+,29+/m0/s1. The van der Waals surface area contributed by atoms with E-state index in [4.69, 9.17) is 23.7 Å². The highest BCUT2D eigenvalue weighted by molar-refractivity contribution is 5.75. The third-order valence-corrected chi connectivity index (χ3v) is 7.09. The summed E-state index contributed by atoms with van der Waals surface area (Å²) in [5.74, 6) is 0.492. The smallest absolute Gasteiger partial charge is 0.309 e. The van der Waals surface area contributed by atoms with Crippen molar-refractivity contribution in [2.45, 2.75) is 25.0 Å². The summed E-state index contributed by atoms with van der Waals surface area (Å²) in [6.45, 7) is -0.200. The van der Waals surface area contributed by atoms with Crippen molar-refractivity contribution >= 4 is 5.97 Å². The average molecular weight is 555 g/mol. The summed E-state index contributed by atoms with van der Waals surface area (Å²) in [6, 6.07) is 14.7. The molecule has 1 heterocycles. The van der Waals surface area contributed by atoms with Crippen LogP contribution in [0.4, 0.5) is 0 Å². The van der Waals surface area contributed by atoms with Crippen molar-refractivity contribution in [2.24, 2.45) is 11.8 Å². The minimum Gasteiger partial charge on any atom is -0.504 e. The maximum atomic E-state index is 12.6. The van der Waals surface area contributed by atoms with Crippen LogP contribution in [0.1, 0.15) is 22.8 Å². The lowest BCUT2D eigenvalue weighted by atomic mass is 9.85. The molecule has 0 unspecified atom stereocenters. The lowest BCUT2D eigenvalue weighted by Gasteiger charge is -2.24. The first-order valence-corrected chi connectivity index (χ1v) is 12.8. The van der Waals surface area contributed by atoms with E-state index in [1.165, 1.54) is 39.5 Å². The van der Waals surface area contributed by atoms with Crippen molar-refractivity contribution in [3.05, 3.63) is 71.3 Å². The third kappa shape index (κ3) is 6.35. The minimum atomic E-state index is -1.22. The van der Waals surface area contributed by atoms with Gasteiger partial charge in [-0.3, -0.25) is 4.79 Å². The van der Waals surface area contributed by atoms with Crippen LogP contribution in [0.5, 0.6) is 34.5 Å². The fraction of sp³-hybridized carbons (Fsp3) is 0.367. The molecule has 0 spiro atoms. The number of esters is 1. The lowest BCUT2D eigenvalue weighted by Crippen LogP contribution is -2.29. The van der Waals surface area contributed by atoms with Gasteiger partial charge in [0.2, 0.25) is 0 Å². The first-order valence-electron chi connectivity index (χ1n) is 12.8. The molecule has 1 aliphatic heterocycles. The number of hydrogen-bond donors (Lipinski definition) is 4. The Bertz CT molecular complexity index is 1320. The van der Waals surface area contributed by atoms with E-state index in [-0.39, 0.29) is 41.7 Å². The molecule has 0 saturated carbocycles. The molecule has 1 aliphatic rings. The van der Waals surface area contributed by atoms with E-state index in [1.807, 2.05) is 6.07 Å². The van der Waals surface area contributed by atoms with Gasteiger partial charge in [0.25, 0.3) is 0 Å². The van der Waals surface area contributed by atoms with Gasteiger partial charge in [0.1, 0.15) is 6.10 Å². The molecule has 0 bridgehead atoms. The molecule has 1 fully saturated rings. The van der Waals surface area contributed by atoms with Crippen molar-refractivity contribution in [1.29, 1.82) is 0 Å². The summed E-state index contributed by atoms with van der Waals surface area (Å²) in [6.07, 6.45) is -1.26. The number of rotatable bonds is 12. The summed E-state index contributed by atoms with van der Waals surface area (Å²) in [5.41, 5.74) is 2.14. The van der Waals surface area contributed by atoms with Crippen molar-refractivity contribution in [3.63, 3.8) is 0 Å². The number of methoxy groups -OCH3 is 3. The van der Waals surface area contributed by atoms with Crippen molar-refractivity contribution in [2.75, 3.05) is 34.5 Å². The monoisotopic (exact) mass is 554 g/mol. The zero-order valence-corrected chi connectivity index (χ0v) is 22.6. The normalized spacial score (nSPS) is 18.1. The molecular formula is C30H34O10. The van der Waals surface area contributed by atoms with Crippen LogP contribution in [0.15, 0.2) is 54.6 Å². The maximum Gasteiger partial charge on any atom is 0.309 e. The zero-order valence-electron chi connectivity index (χ0n) is 22.6. The molecule has 10 nitrogen and oxygen atoms in total. The number of phenols is 2. The Hall–Kier alpha value is -4.15. The number of aliphatic hydroxyl groups excluding tert-OH is 2. The second-order valence-electron chi connectivity index (χ2n) is 9.61. The van der Waals surface area contributed by atoms with Gasteiger partial charge in [0.05, 0.1) is 40.5 Å². The largest absolute Gasteiger partial charge is 0.504 e. The van der Waals surface area contributed by atoms with Crippen LogP contribution in [0, 0.1) is 11.8 Å². The molecule has 0 amide bonds. The molecule has 0 aliphatic carbocycles. The molecule has 10 heteroatoms. The summed E-state index contributed by atoms with van der Waals surface area (Å²) < 4.78 is 27.2. The molecule has 4 N–H and O–H groups in total. The molecule has 4 rings (SSSR count). The molecule has 214 valence electrons. The van der Waals surface area contributed by atoms with Gasteiger partial charge in [-0.25, -0.2) is 0 Å². The highest BCUT2D eigenvalue weighted by atomic mass is 16.5. The van der Waals surface area contributed by atoms with Gasteiger partial charge in [0.15, 0.2) is 40.6 Å². The topological polar surface area (TPSA) is 144 Å². The van der Waals surface area contributed by atoms with E-state index in [9.17, 15) is 25.2 Å². The molecular weight excluding hydrogens is 520 g/mol. The Labute approximate surface area is 232 Å². The summed E-state index contributed by atoms with van der Waals surface area (Å²) in [4.78, 5) is 12.6. The Morgan fingerprint density at radius 3 is 2.10 bits per heavy atom. The second kappa shape index (κ2) is 12.8. The van der Waals surface area contributed by atoms with Crippen molar-refractivity contribution in [3.8, 4) is 34.5 Å². The first kappa shape index (κ1) is 28.8. The van der Waals surface area contributed by atoms with Crippen LogP contribution >= 0.6 is 0 Å². The number of ether oxygens (including phenoxy) is 5. The number of carbonyl (C=O) groups is 1. The maximum absolute atomic E-state index is 12.6. The predicted molar refractivity (Wildman–Crippen MR) is 144 cm³/mol. The number of cyclic esters (lactones) is 1. The van der Waals surface area contributed by atoms with Gasteiger partial charge in [-0.05, 0) is 65.9 Å². The second-order valence-corrected chi connectivity index (χ2v) is 9.61. The van der Waals surface area contributed by atoms with Gasteiger partial charge < -0.3 is 44.1 Å². The minimum absolute atomic E-state index is 0.0324.